The molecule has 1 aliphatic rings. The summed E-state index contributed by atoms with van der Waals surface area (Å²) in [7, 11) is -3.51. The molecule has 1 unspecified atom stereocenters. The Labute approximate surface area is 157 Å². The van der Waals surface area contributed by atoms with Crippen LogP contribution in [0.4, 0.5) is 0 Å². The van der Waals surface area contributed by atoms with Crippen molar-refractivity contribution < 1.29 is 13.2 Å². The lowest BCUT2D eigenvalue weighted by atomic mass is 10.2. The van der Waals surface area contributed by atoms with Gasteiger partial charge in [0.15, 0.2) is 5.50 Å². The first-order valence-corrected chi connectivity index (χ1v) is 10.7. The van der Waals surface area contributed by atoms with E-state index in [1.165, 1.54) is 11.8 Å². The van der Waals surface area contributed by atoms with Gasteiger partial charge < -0.3 is 0 Å². The van der Waals surface area contributed by atoms with Crippen LogP contribution < -0.4 is 4.72 Å². The number of nitrogens with one attached hydrogen (secondary N) is 1. The number of benzene rings is 2. The smallest absolute Gasteiger partial charge is 0.218 e. The van der Waals surface area contributed by atoms with Crippen LogP contribution in [-0.4, -0.2) is 36.8 Å². The van der Waals surface area contributed by atoms with E-state index in [0.29, 0.717) is 12.1 Å². The molecule has 136 valence electrons. The molecule has 1 heterocycles. The van der Waals surface area contributed by atoms with Crippen LogP contribution in [0, 0.1) is 0 Å². The van der Waals surface area contributed by atoms with Crippen molar-refractivity contribution in [3.63, 3.8) is 0 Å². The molecule has 8 heteroatoms. The number of hydrazone groups is 1. The second-order valence-corrected chi connectivity index (χ2v) is 8.56. The standard InChI is InChI=1S/C18H19N3O3S2/c1-2-21-18(20-26(23,24)13-15-6-4-3-5-7-15)25-17(19-21)16-10-8-14(12-22)9-11-16/h3-12,18,20H,2,13H2,1H3. The third kappa shape index (κ3) is 4.51. The molecular formula is C18H19N3O3S2. The van der Waals surface area contributed by atoms with Crippen molar-refractivity contribution in [1.82, 2.24) is 9.73 Å². The van der Waals surface area contributed by atoms with Crippen LogP contribution in [-0.2, 0) is 15.8 Å². The minimum Gasteiger partial charge on any atom is -0.298 e. The number of aldehydes is 1. The molecule has 2 aromatic carbocycles. The Morgan fingerprint density at radius 3 is 2.46 bits per heavy atom. The summed E-state index contributed by atoms with van der Waals surface area (Å²) in [4.78, 5) is 10.8. The second-order valence-electron chi connectivity index (χ2n) is 5.73. The van der Waals surface area contributed by atoms with Gasteiger partial charge in [-0.15, -0.1) is 0 Å². The first kappa shape index (κ1) is 18.6. The summed E-state index contributed by atoms with van der Waals surface area (Å²) in [6.45, 7) is 2.49. The van der Waals surface area contributed by atoms with E-state index < -0.39 is 15.5 Å². The summed E-state index contributed by atoms with van der Waals surface area (Å²) in [5.41, 5.74) is 1.68. The normalized spacial score (nSPS) is 17.2. The zero-order valence-corrected chi connectivity index (χ0v) is 15.8. The molecule has 0 saturated carbocycles. The number of hydrogen-bond donors (Lipinski definition) is 1. The summed E-state index contributed by atoms with van der Waals surface area (Å²) in [6.07, 6.45) is 0.784. The highest BCUT2D eigenvalue weighted by Gasteiger charge is 2.30. The molecule has 26 heavy (non-hydrogen) atoms. The van der Waals surface area contributed by atoms with Crippen LogP contribution in [0.2, 0.25) is 0 Å². The van der Waals surface area contributed by atoms with Crippen molar-refractivity contribution in [2.45, 2.75) is 18.2 Å². The molecule has 1 N–H and O–H groups in total. The van der Waals surface area contributed by atoms with Crippen LogP contribution in [0.15, 0.2) is 59.7 Å². The molecule has 0 amide bonds. The zero-order chi connectivity index (χ0) is 18.6. The van der Waals surface area contributed by atoms with Gasteiger partial charge in [0.1, 0.15) is 11.3 Å². The number of carbonyl (C=O) groups excluding carboxylic acids is 1. The molecule has 1 atom stereocenters. The molecule has 0 aromatic heterocycles. The second kappa shape index (κ2) is 8.03. The third-order valence-electron chi connectivity index (χ3n) is 3.81. The number of nitrogens with zero attached hydrogens (tertiary/aromatic N) is 2. The molecular weight excluding hydrogens is 370 g/mol. The van der Waals surface area contributed by atoms with E-state index in [9.17, 15) is 13.2 Å². The van der Waals surface area contributed by atoms with Gasteiger partial charge in [-0.05, 0) is 12.5 Å². The lowest BCUT2D eigenvalue weighted by molar-refractivity contribution is 0.112. The predicted octanol–water partition coefficient (Wildman–Crippen LogP) is 2.63. The van der Waals surface area contributed by atoms with E-state index in [-0.39, 0.29) is 5.75 Å². The van der Waals surface area contributed by atoms with E-state index in [1.54, 1.807) is 29.3 Å². The Hall–Kier alpha value is -2.16. The fourth-order valence-corrected chi connectivity index (χ4v) is 5.23. The molecule has 6 nitrogen and oxygen atoms in total. The monoisotopic (exact) mass is 389 g/mol. The van der Waals surface area contributed by atoms with Crippen LogP contribution in [0.25, 0.3) is 0 Å². The van der Waals surface area contributed by atoms with E-state index in [2.05, 4.69) is 9.82 Å². The van der Waals surface area contributed by atoms with Gasteiger partial charge in [0.25, 0.3) is 0 Å². The Kier molecular flexibility index (Phi) is 5.75. The average Bonchev–Trinajstić information content (AvgIpc) is 3.04. The summed E-state index contributed by atoms with van der Waals surface area (Å²) in [5.74, 6) is -0.0776. The Balaban J connectivity index is 1.71. The summed E-state index contributed by atoms with van der Waals surface area (Å²) >= 11 is 1.34. The van der Waals surface area contributed by atoms with Crippen LogP contribution in [0.3, 0.4) is 0 Å². The molecule has 0 fully saturated rings. The maximum Gasteiger partial charge on any atom is 0.218 e. The molecule has 3 rings (SSSR count). The van der Waals surface area contributed by atoms with Gasteiger partial charge in [-0.2, -0.15) is 9.82 Å². The lowest BCUT2D eigenvalue weighted by Crippen LogP contribution is -2.41. The summed E-state index contributed by atoms with van der Waals surface area (Å²) in [5, 5.41) is 6.93. The van der Waals surface area contributed by atoms with Crippen molar-refractivity contribution in [2.75, 3.05) is 6.54 Å². The Morgan fingerprint density at radius 1 is 1.15 bits per heavy atom. The predicted molar refractivity (Wildman–Crippen MR) is 104 cm³/mol. The van der Waals surface area contributed by atoms with Crippen LogP contribution in [0.1, 0.15) is 28.4 Å². The van der Waals surface area contributed by atoms with Crippen molar-refractivity contribution in [3.05, 3.63) is 71.3 Å². The van der Waals surface area contributed by atoms with E-state index in [1.807, 2.05) is 37.3 Å². The van der Waals surface area contributed by atoms with Crippen molar-refractivity contribution in [1.29, 1.82) is 0 Å². The molecule has 2 aromatic rings. The largest absolute Gasteiger partial charge is 0.298 e. The highest BCUT2D eigenvalue weighted by Crippen LogP contribution is 2.28. The number of hydrogen-bond acceptors (Lipinski definition) is 6. The number of rotatable bonds is 7. The van der Waals surface area contributed by atoms with Gasteiger partial charge >= 0.3 is 0 Å². The van der Waals surface area contributed by atoms with Gasteiger partial charge in [0, 0.05) is 17.7 Å². The molecule has 0 radical (unpaired) electrons. The summed E-state index contributed by atoms with van der Waals surface area (Å²) < 4.78 is 27.7. The van der Waals surface area contributed by atoms with Crippen molar-refractivity contribution >= 4 is 33.1 Å². The van der Waals surface area contributed by atoms with E-state index in [4.69, 9.17) is 0 Å². The van der Waals surface area contributed by atoms with Crippen molar-refractivity contribution in [3.8, 4) is 0 Å². The SMILES string of the molecule is CCN1N=C(c2ccc(C=O)cc2)SC1NS(=O)(=O)Cc1ccccc1. The van der Waals surface area contributed by atoms with Crippen LogP contribution >= 0.6 is 11.8 Å². The highest BCUT2D eigenvalue weighted by molar-refractivity contribution is 8.15. The third-order valence-corrected chi connectivity index (χ3v) is 6.38. The fraction of sp³-hybridized carbons (Fsp3) is 0.222. The zero-order valence-electron chi connectivity index (χ0n) is 14.2. The van der Waals surface area contributed by atoms with Crippen LogP contribution in [0.5, 0.6) is 0 Å². The minimum absolute atomic E-state index is 0.0776. The van der Waals surface area contributed by atoms with E-state index in [0.717, 1.165) is 22.5 Å². The maximum absolute atomic E-state index is 12.5. The molecule has 1 aliphatic heterocycles. The molecule has 0 spiro atoms. The molecule has 0 saturated heterocycles. The number of thioether (sulfide) groups is 1. The average molecular weight is 390 g/mol. The van der Waals surface area contributed by atoms with E-state index >= 15 is 0 Å². The topological polar surface area (TPSA) is 78.8 Å². The number of sulfonamides is 1. The van der Waals surface area contributed by atoms with Gasteiger partial charge in [-0.25, -0.2) is 8.42 Å². The first-order chi connectivity index (χ1) is 12.5. The van der Waals surface area contributed by atoms with Crippen molar-refractivity contribution in [2.24, 2.45) is 5.10 Å². The maximum atomic E-state index is 12.5. The van der Waals surface area contributed by atoms with Gasteiger partial charge in [-0.1, -0.05) is 66.4 Å². The quantitative estimate of drug-likeness (QED) is 0.737. The first-order valence-electron chi connectivity index (χ1n) is 8.12. The lowest BCUT2D eigenvalue weighted by Gasteiger charge is -2.21. The molecule has 0 aliphatic carbocycles. The van der Waals surface area contributed by atoms with Gasteiger partial charge in [0.2, 0.25) is 10.0 Å². The molecule has 0 bridgehead atoms. The fourth-order valence-electron chi connectivity index (χ4n) is 2.50. The summed E-state index contributed by atoms with van der Waals surface area (Å²) in [6, 6.07) is 16.1. The number of carbonyl (C=O) groups is 1. The Bertz CT molecular complexity index is 897. The highest BCUT2D eigenvalue weighted by atomic mass is 32.2. The van der Waals surface area contributed by atoms with Gasteiger partial charge in [0.05, 0.1) is 5.75 Å². The Morgan fingerprint density at radius 2 is 1.85 bits per heavy atom. The van der Waals surface area contributed by atoms with Gasteiger partial charge in [-0.3, -0.25) is 9.80 Å². The minimum atomic E-state index is -3.51.